The van der Waals surface area contributed by atoms with Crippen molar-refractivity contribution in [3.63, 3.8) is 0 Å². The van der Waals surface area contributed by atoms with Crippen LogP contribution in [-0.2, 0) is 11.2 Å². The zero-order valence-corrected chi connectivity index (χ0v) is 15.9. The molecule has 1 amide bonds. The van der Waals surface area contributed by atoms with Crippen molar-refractivity contribution in [3.8, 4) is 0 Å². The zero-order valence-electron chi connectivity index (χ0n) is 14.2. The van der Waals surface area contributed by atoms with Crippen LogP contribution in [0.25, 0.3) is 0 Å². The first-order valence-electron chi connectivity index (χ1n) is 8.63. The summed E-state index contributed by atoms with van der Waals surface area (Å²) < 4.78 is 13.5. The smallest absolute Gasteiger partial charge is 0.291 e. The largest absolute Gasteiger partial charge is 0.300 e. The Morgan fingerprint density at radius 1 is 1.11 bits per heavy atom. The van der Waals surface area contributed by atoms with Gasteiger partial charge in [-0.2, -0.15) is 0 Å². The van der Waals surface area contributed by atoms with Crippen molar-refractivity contribution in [2.75, 3.05) is 18.1 Å². The number of anilines is 1. The van der Waals surface area contributed by atoms with Gasteiger partial charge in [0.2, 0.25) is 0 Å². The molecule has 5 rings (SSSR count). The topological polar surface area (TPSA) is 40.6 Å². The number of rotatable bonds is 3. The number of carbonyl (C=O) groups is 2. The number of fused-ring (bicyclic) bond motifs is 2. The van der Waals surface area contributed by atoms with Gasteiger partial charge in [-0.25, -0.2) is 4.39 Å². The van der Waals surface area contributed by atoms with Gasteiger partial charge in [0.1, 0.15) is 5.82 Å². The van der Waals surface area contributed by atoms with Crippen LogP contribution in [0.4, 0.5) is 10.1 Å². The second-order valence-corrected chi connectivity index (χ2v) is 8.62. The zero-order chi connectivity index (χ0) is 18.5. The Labute approximate surface area is 163 Å². The molecule has 0 unspecified atom stereocenters. The van der Waals surface area contributed by atoms with Gasteiger partial charge in [-0.05, 0) is 53.1 Å². The van der Waals surface area contributed by atoms with E-state index in [1.807, 2.05) is 6.07 Å². The number of Topliss-reactive ketones (excluding diaryl/α,β-unsaturated/α-hetero) is 1. The molecule has 4 heterocycles. The summed E-state index contributed by atoms with van der Waals surface area (Å²) in [5, 5.41) is 4.16. The fourth-order valence-corrected chi connectivity index (χ4v) is 5.68. The molecule has 0 radical (unpaired) electrons. The van der Waals surface area contributed by atoms with Gasteiger partial charge in [0.25, 0.3) is 5.78 Å². The quantitative estimate of drug-likeness (QED) is 0.624. The molecule has 2 aliphatic heterocycles. The summed E-state index contributed by atoms with van der Waals surface area (Å²) in [6.45, 7) is 1.10. The molecule has 0 saturated heterocycles. The van der Waals surface area contributed by atoms with E-state index in [0.717, 1.165) is 19.0 Å². The van der Waals surface area contributed by atoms with E-state index in [2.05, 4.69) is 27.8 Å². The Balaban J connectivity index is 1.52. The SMILES string of the molecule is O=C1C(=O)N(CN2CCc3sccc3[C@@H]2c2cccs2)c2ccc(F)cc21. The normalized spacial score (nSPS) is 19.4. The number of benzene rings is 1. The van der Waals surface area contributed by atoms with Crippen molar-refractivity contribution < 1.29 is 14.0 Å². The van der Waals surface area contributed by atoms with Gasteiger partial charge in [0, 0.05) is 16.3 Å². The van der Waals surface area contributed by atoms with Gasteiger partial charge in [0.05, 0.1) is 24.0 Å². The molecule has 2 aromatic heterocycles. The standard InChI is InChI=1S/C20H15FN2O2S2/c21-12-3-4-15-14(10-12)19(24)20(25)23(15)11-22-7-5-16-13(6-9-27-16)18(22)17-2-1-8-26-17/h1-4,6,8-10,18H,5,7,11H2/t18-/m1/s1. The molecule has 0 bridgehead atoms. The Morgan fingerprint density at radius 3 is 2.81 bits per heavy atom. The fourth-order valence-electron chi connectivity index (χ4n) is 3.90. The highest BCUT2D eigenvalue weighted by molar-refractivity contribution is 7.10. The number of hydrogen-bond acceptors (Lipinski definition) is 5. The summed E-state index contributed by atoms with van der Waals surface area (Å²) in [5.41, 5.74) is 1.92. The number of amides is 1. The summed E-state index contributed by atoms with van der Waals surface area (Å²) in [6.07, 6.45) is 0.918. The van der Waals surface area contributed by atoms with E-state index in [1.165, 1.54) is 32.4 Å². The third kappa shape index (κ3) is 2.65. The average Bonchev–Trinajstić information content (AvgIpc) is 3.39. The Morgan fingerprint density at radius 2 is 2.00 bits per heavy atom. The number of thiophene rings is 2. The van der Waals surface area contributed by atoms with Gasteiger partial charge >= 0.3 is 5.91 Å². The van der Waals surface area contributed by atoms with E-state index in [0.29, 0.717) is 12.4 Å². The van der Waals surface area contributed by atoms with Gasteiger partial charge < -0.3 is 0 Å². The van der Waals surface area contributed by atoms with Crippen molar-refractivity contribution in [3.05, 3.63) is 73.9 Å². The van der Waals surface area contributed by atoms with E-state index < -0.39 is 17.5 Å². The van der Waals surface area contributed by atoms with Gasteiger partial charge in [0.15, 0.2) is 0 Å². The van der Waals surface area contributed by atoms with Crippen molar-refractivity contribution in [2.45, 2.75) is 12.5 Å². The Bertz CT molecular complexity index is 1040. The van der Waals surface area contributed by atoms with Crippen LogP contribution < -0.4 is 4.90 Å². The van der Waals surface area contributed by atoms with Crippen LogP contribution in [0.3, 0.4) is 0 Å². The van der Waals surface area contributed by atoms with Crippen LogP contribution >= 0.6 is 22.7 Å². The van der Waals surface area contributed by atoms with Gasteiger partial charge in [-0.15, -0.1) is 22.7 Å². The maximum absolute atomic E-state index is 13.5. The summed E-state index contributed by atoms with van der Waals surface area (Å²) in [7, 11) is 0. The second-order valence-electron chi connectivity index (χ2n) is 6.64. The van der Waals surface area contributed by atoms with E-state index >= 15 is 0 Å². The Kier molecular flexibility index (Phi) is 3.96. The molecule has 136 valence electrons. The number of ketones is 1. The number of nitrogens with zero attached hydrogens (tertiary/aromatic N) is 2. The van der Waals surface area contributed by atoms with Crippen LogP contribution in [0.5, 0.6) is 0 Å². The lowest BCUT2D eigenvalue weighted by atomic mass is 9.99. The number of halogens is 1. The van der Waals surface area contributed by atoms with E-state index in [-0.39, 0.29) is 11.6 Å². The summed E-state index contributed by atoms with van der Waals surface area (Å²) >= 11 is 3.45. The summed E-state index contributed by atoms with van der Waals surface area (Å²) in [5.74, 6) is -1.73. The highest BCUT2D eigenvalue weighted by Gasteiger charge is 2.39. The van der Waals surface area contributed by atoms with Crippen molar-refractivity contribution in [1.29, 1.82) is 0 Å². The molecule has 0 N–H and O–H groups in total. The molecule has 0 spiro atoms. The Hall–Kier alpha value is -2.35. The summed E-state index contributed by atoms with van der Waals surface area (Å²) in [4.78, 5) is 31.2. The van der Waals surface area contributed by atoms with Crippen molar-refractivity contribution in [2.24, 2.45) is 0 Å². The highest BCUT2D eigenvalue weighted by atomic mass is 32.1. The van der Waals surface area contributed by atoms with E-state index in [4.69, 9.17) is 0 Å². The minimum atomic E-state index is -0.634. The van der Waals surface area contributed by atoms with Crippen LogP contribution in [-0.4, -0.2) is 29.8 Å². The molecule has 1 aromatic carbocycles. The maximum Gasteiger partial charge on any atom is 0.300 e. The third-order valence-electron chi connectivity index (χ3n) is 5.13. The molecule has 4 nitrogen and oxygen atoms in total. The molecule has 1 atom stereocenters. The van der Waals surface area contributed by atoms with Crippen LogP contribution in [0.1, 0.15) is 31.7 Å². The monoisotopic (exact) mass is 398 g/mol. The first kappa shape index (κ1) is 16.8. The van der Waals surface area contributed by atoms with Crippen molar-refractivity contribution in [1.82, 2.24) is 4.90 Å². The lowest BCUT2D eigenvalue weighted by Gasteiger charge is -2.37. The first-order chi connectivity index (χ1) is 13.1. The summed E-state index contributed by atoms with van der Waals surface area (Å²) in [6, 6.07) is 10.3. The highest BCUT2D eigenvalue weighted by Crippen LogP contribution is 2.40. The molecule has 7 heteroatoms. The molecule has 27 heavy (non-hydrogen) atoms. The van der Waals surface area contributed by atoms with Gasteiger partial charge in [-0.3, -0.25) is 19.4 Å². The van der Waals surface area contributed by atoms with Crippen LogP contribution in [0, 0.1) is 5.82 Å². The molecular formula is C20H15FN2O2S2. The average molecular weight is 398 g/mol. The van der Waals surface area contributed by atoms with E-state index in [9.17, 15) is 14.0 Å². The number of carbonyl (C=O) groups excluding carboxylic acids is 2. The fraction of sp³-hybridized carbons (Fsp3) is 0.200. The third-order valence-corrected chi connectivity index (χ3v) is 7.06. The molecular weight excluding hydrogens is 383 g/mol. The first-order valence-corrected chi connectivity index (χ1v) is 10.4. The van der Waals surface area contributed by atoms with Crippen LogP contribution in [0.15, 0.2) is 47.2 Å². The van der Waals surface area contributed by atoms with E-state index in [1.54, 1.807) is 22.7 Å². The minimum Gasteiger partial charge on any atom is -0.291 e. The molecule has 2 aliphatic rings. The number of hydrogen-bond donors (Lipinski definition) is 0. The molecule has 0 saturated carbocycles. The predicted octanol–water partition coefficient (Wildman–Crippen LogP) is 4.08. The minimum absolute atomic E-state index is 0.0624. The molecule has 0 aliphatic carbocycles. The molecule has 3 aromatic rings. The second kappa shape index (κ2) is 6.37. The lowest BCUT2D eigenvalue weighted by molar-refractivity contribution is -0.114. The maximum atomic E-state index is 13.5. The van der Waals surface area contributed by atoms with Gasteiger partial charge in [-0.1, -0.05) is 6.07 Å². The lowest BCUT2D eigenvalue weighted by Crippen LogP contribution is -2.45. The molecule has 0 fully saturated rings. The van der Waals surface area contributed by atoms with Crippen LogP contribution in [0.2, 0.25) is 0 Å². The van der Waals surface area contributed by atoms with Crippen molar-refractivity contribution >= 4 is 40.1 Å². The predicted molar refractivity (Wildman–Crippen MR) is 104 cm³/mol.